The largest absolute Gasteiger partial charge is 0.490 e. The maximum Gasteiger partial charge on any atom is 0.234 e. The first kappa shape index (κ1) is 17.4. The van der Waals surface area contributed by atoms with Gasteiger partial charge in [0.2, 0.25) is 5.91 Å². The predicted molar refractivity (Wildman–Crippen MR) is 91.1 cm³/mol. The van der Waals surface area contributed by atoms with Crippen LogP contribution in [0.3, 0.4) is 0 Å². The van der Waals surface area contributed by atoms with Gasteiger partial charge in [-0.25, -0.2) is 0 Å². The highest BCUT2D eigenvalue weighted by atomic mass is 16.5. The molecule has 1 N–H and O–H groups in total. The van der Waals surface area contributed by atoms with Crippen molar-refractivity contribution in [1.82, 2.24) is 5.32 Å². The fourth-order valence-corrected chi connectivity index (χ4v) is 2.14. The average molecular weight is 324 g/mol. The molecule has 0 fully saturated rings. The van der Waals surface area contributed by atoms with Crippen LogP contribution in [0.15, 0.2) is 48.5 Å². The van der Waals surface area contributed by atoms with E-state index in [4.69, 9.17) is 14.7 Å². The smallest absolute Gasteiger partial charge is 0.234 e. The molecule has 1 amide bonds. The Hall–Kier alpha value is -3.00. The van der Waals surface area contributed by atoms with E-state index in [1.165, 1.54) is 0 Å². The summed E-state index contributed by atoms with van der Waals surface area (Å²) in [4.78, 5) is 11.2. The van der Waals surface area contributed by atoms with E-state index in [0.717, 1.165) is 11.3 Å². The van der Waals surface area contributed by atoms with Crippen molar-refractivity contribution < 1.29 is 14.3 Å². The van der Waals surface area contributed by atoms with E-state index in [1.54, 1.807) is 0 Å². The number of para-hydroxylation sites is 2. The molecule has 0 spiro atoms. The van der Waals surface area contributed by atoms with Gasteiger partial charge in [-0.05, 0) is 43.2 Å². The maximum absolute atomic E-state index is 11.2. The molecule has 0 aliphatic rings. The van der Waals surface area contributed by atoms with Crippen LogP contribution in [0.4, 0.5) is 0 Å². The second-order valence-corrected chi connectivity index (χ2v) is 5.06. The van der Waals surface area contributed by atoms with Crippen LogP contribution >= 0.6 is 0 Å². The second kappa shape index (κ2) is 9.21. The highest BCUT2D eigenvalue weighted by Gasteiger charge is 2.05. The number of rotatable bonds is 8. The lowest BCUT2D eigenvalue weighted by atomic mass is 10.1. The summed E-state index contributed by atoms with van der Waals surface area (Å²) in [5.41, 5.74) is 1.08. The molecule has 24 heavy (non-hydrogen) atoms. The molecule has 5 heteroatoms. The molecular formula is C19H20N2O3. The van der Waals surface area contributed by atoms with Gasteiger partial charge in [0.15, 0.2) is 11.5 Å². The third-order valence-corrected chi connectivity index (χ3v) is 3.28. The molecule has 0 aromatic heterocycles. The Kier molecular flexibility index (Phi) is 6.66. The summed E-state index contributed by atoms with van der Waals surface area (Å²) >= 11 is 0. The number of hydrogen-bond donors (Lipinski definition) is 1. The number of carbonyl (C=O) groups is 1. The van der Waals surface area contributed by atoms with E-state index in [-0.39, 0.29) is 12.3 Å². The van der Waals surface area contributed by atoms with Gasteiger partial charge in [-0.1, -0.05) is 24.3 Å². The summed E-state index contributed by atoms with van der Waals surface area (Å²) in [5, 5.41) is 11.1. The molecule has 0 aliphatic heterocycles. The van der Waals surface area contributed by atoms with Crippen LogP contribution in [0.5, 0.6) is 17.2 Å². The SMILES string of the molecule is CCOc1ccccc1Oc1ccc(CCNC(=O)CC#N)cc1. The first-order valence-corrected chi connectivity index (χ1v) is 7.85. The number of benzene rings is 2. The van der Waals surface area contributed by atoms with Crippen molar-refractivity contribution in [1.29, 1.82) is 5.26 Å². The van der Waals surface area contributed by atoms with Crippen LogP contribution in [0.2, 0.25) is 0 Å². The Morgan fingerprint density at radius 1 is 1.12 bits per heavy atom. The molecule has 0 heterocycles. The summed E-state index contributed by atoms with van der Waals surface area (Å²) in [6.45, 7) is 3.02. The van der Waals surface area contributed by atoms with Crippen molar-refractivity contribution in [3.63, 3.8) is 0 Å². The molecule has 2 aromatic carbocycles. The van der Waals surface area contributed by atoms with Crippen molar-refractivity contribution >= 4 is 5.91 Å². The van der Waals surface area contributed by atoms with Gasteiger partial charge >= 0.3 is 0 Å². The number of nitriles is 1. The van der Waals surface area contributed by atoms with E-state index in [2.05, 4.69) is 5.32 Å². The second-order valence-electron chi connectivity index (χ2n) is 5.06. The lowest BCUT2D eigenvalue weighted by Crippen LogP contribution is -2.24. The van der Waals surface area contributed by atoms with Gasteiger partial charge in [0, 0.05) is 6.54 Å². The lowest BCUT2D eigenvalue weighted by Gasteiger charge is -2.11. The summed E-state index contributed by atoms with van der Waals surface area (Å²) in [6.07, 6.45) is 0.596. The minimum Gasteiger partial charge on any atom is -0.490 e. The molecule has 0 saturated carbocycles. The summed E-state index contributed by atoms with van der Waals surface area (Å²) in [5.74, 6) is 1.87. The average Bonchev–Trinajstić information content (AvgIpc) is 2.59. The Morgan fingerprint density at radius 3 is 2.50 bits per heavy atom. The highest BCUT2D eigenvalue weighted by Crippen LogP contribution is 2.31. The van der Waals surface area contributed by atoms with Crippen molar-refractivity contribution in [3.05, 3.63) is 54.1 Å². The molecule has 0 radical (unpaired) electrons. The van der Waals surface area contributed by atoms with Crippen molar-refractivity contribution in [2.75, 3.05) is 13.2 Å². The van der Waals surface area contributed by atoms with Crippen LogP contribution in [-0.2, 0) is 11.2 Å². The molecule has 0 aliphatic carbocycles. The molecule has 2 rings (SSSR count). The fourth-order valence-electron chi connectivity index (χ4n) is 2.14. The number of carbonyl (C=O) groups excluding carboxylic acids is 1. The molecule has 0 atom stereocenters. The predicted octanol–water partition coefficient (Wildman–Crippen LogP) is 3.45. The van der Waals surface area contributed by atoms with Crippen LogP contribution in [0.25, 0.3) is 0 Å². The minimum atomic E-state index is -0.245. The van der Waals surface area contributed by atoms with Crippen molar-refractivity contribution in [3.8, 4) is 23.3 Å². The van der Waals surface area contributed by atoms with Gasteiger partial charge in [0.1, 0.15) is 12.2 Å². The van der Waals surface area contributed by atoms with Gasteiger partial charge in [0.25, 0.3) is 0 Å². The van der Waals surface area contributed by atoms with Gasteiger partial charge in [-0.15, -0.1) is 0 Å². The third-order valence-electron chi connectivity index (χ3n) is 3.28. The summed E-state index contributed by atoms with van der Waals surface area (Å²) in [7, 11) is 0. The normalized spacial score (nSPS) is 9.83. The zero-order valence-electron chi connectivity index (χ0n) is 13.6. The molecule has 2 aromatic rings. The van der Waals surface area contributed by atoms with Crippen molar-refractivity contribution in [2.45, 2.75) is 19.8 Å². The van der Waals surface area contributed by atoms with E-state index < -0.39 is 0 Å². The van der Waals surface area contributed by atoms with Gasteiger partial charge in [0.05, 0.1) is 12.7 Å². The van der Waals surface area contributed by atoms with E-state index in [1.807, 2.05) is 61.5 Å². The summed E-state index contributed by atoms with van der Waals surface area (Å²) in [6, 6.07) is 17.0. The molecule has 124 valence electrons. The monoisotopic (exact) mass is 324 g/mol. The van der Waals surface area contributed by atoms with Gasteiger partial charge < -0.3 is 14.8 Å². The fraction of sp³-hybridized carbons (Fsp3) is 0.263. The van der Waals surface area contributed by atoms with E-state index >= 15 is 0 Å². The summed E-state index contributed by atoms with van der Waals surface area (Å²) < 4.78 is 11.4. The first-order chi connectivity index (χ1) is 11.7. The topological polar surface area (TPSA) is 71.3 Å². The molecule has 0 saturated heterocycles. The number of nitrogens with one attached hydrogen (secondary N) is 1. The van der Waals surface area contributed by atoms with Crippen LogP contribution in [0, 0.1) is 11.3 Å². The number of nitrogens with zero attached hydrogens (tertiary/aromatic N) is 1. The lowest BCUT2D eigenvalue weighted by molar-refractivity contribution is -0.120. The Balaban J connectivity index is 1.91. The van der Waals surface area contributed by atoms with Crippen LogP contribution in [-0.4, -0.2) is 19.1 Å². The molecule has 0 unspecified atom stereocenters. The molecular weight excluding hydrogens is 304 g/mol. The van der Waals surface area contributed by atoms with Crippen molar-refractivity contribution in [2.24, 2.45) is 0 Å². The number of amides is 1. The zero-order valence-corrected chi connectivity index (χ0v) is 13.6. The molecule has 0 bridgehead atoms. The van der Waals surface area contributed by atoms with Crippen LogP contribution < -0.4 is 14.8 Å². The van der Waals surface area contributed by atoms with E-state index in [9.17, 15) is 4.79 Å². The van der Waals surface area contributed by atoms with E-state index in [0.29, 0.717) is 31.1 Å². The standard InChI is InChI=1S/C19H20N2O3/c1-2-23-17-5-3-4-6-18(17)24-16-9-7-15(8-10-16)12-14-21-19(22)11-13-20/h3-10H,2,11-12,14H2,1H3,(H,21,22). The first-order valence-electron chi connectivity index (χ1n) is 7.85. The maximum atomic E-state index is 11.2. The van der Waals surface area contributed by atoms with Gasteiger partial charge in [-0.3, -0.25) is 4.79 Å². The Morgan fingerprint density at radius 2 is 1.83 bits per heavy atom. The highest BCUT2D eigenvalue weighted by molar-refractivity contribution is 5.77. The molecule has 5 nitrogen and oxygen atoms in total. The minimum absolute atomic E-state index is 0.105. The Bertz CT molecular complexity index is 705. The number of hydrogen-bond acceptors (Lipinski definition) is 4. The van der Waals surface area contributed by atoms with Gasteiger partial charge in [-0.2, -0.15) is 5.26 Å². The third kappa shape index (κ3) is 5.33. The Labute approximate surface area is 141 Å². The zero-order chi connectivity index (χ0) is 17.2. The number of ether oxygens (including phenoxy) is 2. The quantitative estimate of drug-likeness (QED) is 0.807. The van der Waals surface area contributed by atoms with Crippen LogP contribution in [0.1, 0.15) is 18.9 Å².